The predicted molar refractivity (Wildman–Crippen MR) is 87.8 cm³/mol. The summed E-state index contributed by atoms with van der Waals surface area (Å²) in [5, 5.41) is 19.6. The molecule has 0 radical (unpaired) electrons. The van der Waals surface area contributed by atoms with Gasteiger partial charge in [0.2, 0.25) is 0 Å². The second-order valence-electron chi connectivity index (χ2n) is 5.52. The minimum absolute atomic E-state index is 0.100. The molecule has 0 atom stereocenters. The van der Waals surface area contributed by atoms with Crippen molar-refractivity contribution in [3.05, 3.63) is 65.3 Å². The smallest absolute Gasteiger partial charge is 0.277 e. The van der Waals surface area contributed by atoms with E-state index in [0.29, 0.717) is 24.4 Å². The van der Waals surface area contributed by atoms with Crippen LogP contribution in [0.15, 0.2) is 47.2 Å². The number of nitrogens with one attached hydrogen (secondary N) is 1. The van der Waals surface area contributed by atoms with Gasteiger partial charge in [-0.1, -0.05) is 17.3 Å². The van der Waals surface area contributed by atoms with Gasteiger partial charge in [-0.15, -0.1) is 0 Å². The molecule has 0 fully saturated rings. The summed E-state index contributed by atoms with van der Waals surface area (Å²) in [5.41, 5.74) is 2.94. The molecule has 1 amide bonds. The fourth-order valence-corrected chi connectivity index (χ4v) is 2.29. The average molecular weight is 326 g/mol. The monoisotopic (exact) mass is 326 g/mol. The Balaban J connectivity index is 1.62. The van der Waals surface area contributed by atoms with E-state index in [0.717, 1.165) is 11.1 Å². The molecule has 0 spiro atoms. The standard InChI is InChI=1S/C17H18N4O3/c1-12-9-18-21(10-12)11-15-8-16(20-24-15)17(23)19-14-4-2-13(3-5-14)6-7-22/h2-5,8-10,22H,6-7,11H2,1H3,(H,19,23). The van der Waals surface area contributed by atoms with Crippen molar-refractivity contribution in [1.29, 1.82) is 0 Å². The van der Waals surface area contributed by atoms with Gasteiger partial charge >= 0.3 is 0 Å². The van der Waals surface area contributed by atoms with Crippen LogP contribution in [0.3, 0.4) is 0 Å². The van der Waals surface area contributed by atoms with Crippen molar-refractivity contribution in [3.8, 4) is 0 Å². The summed E-state index contributed by atoms with van der Waals surface area (Å²) in [6.45, 7) is 2.47. The first-order valence-corrected chi connectivity index (χ1v) is 7.60. The Morgan fingerprint density at radius 2 is 2.12 bits per heavy atom. The normalized spacial score (nSPS) is 10.8. The van der Waals surface area contributed by atoms with Crippen molar-refractivity contribution in [1.82, 2.24) is 14.9 Å². The summed E-state index contributed by atoms with van der Waals surface area (Å²) < 4.78 is 6.91. The Morgan fingerprint density at radius 3 is 2.79 bits per heavy atom. The van der Waals surface area contributed by atoms with Crippen LogP contribution in [0.2, 0.25) is 0 Å². The fraction of sp³-hybridized carbons (Fsp3) is 0.235. The highest BCUT2D eigenvalue weighted by Gasteiger charge is 2.13. The number of hydrogen-bond acceptors (Lipinski definition) is 5. The molecular weight excluding hydrogens is 308 g/mol. The Morgan fingerprint density at radius 1 is 1.33 bits per heavy atom. The minimum atomic E-state index is -0.337. The maximum absolute atomic E-state index is 12.2. The summed E-state index contributed by atoms with van der Waals surface area (Å²) in [7, 11) is 0. The number of aryl methyl sites for hydroxylation is 1. The van der Waals surface area contributed by atoms with E-state index in [-0.39, 0.29) is 18.2 Å². The Labute approximate surface area is 138 Å². The van der Waals surface area contributed by atoms with E-state index in [9.17, 15) is 4.79 Å². The van der Waals surface area contributed by atoms with E-state index >= 15 is 0 Å². The fourth-order valence-electron chi connectivity index (χ4n) is 2.29. The Hall–Kier alpha value is -2.93. The molecule has 24 heavy (non-hydrogen) atoms. The predicted octanol–water partition coefficient (Wildman–Crippen LogP) is 2.01. The van der Waals surface area contributed by atoms with Gasteiger partial charge in [-0.05, 0) is 36.6 Å². The molecule has 2 aromatic heterocycles. The van der Waals surface area contributed by atoms with Gasteiger partial charge in [-0.3, -0.25) is 9.48 Å². The number of carbonyl (C=O) groups is 1. The maximum atomic E-state index is 12.2. The lowest BCUT2D eigenvalue weighted by Gasteiger charge is -2.04. The molecule has 0 aliphatic rings. The molecule has 3 rings (SSSR count). The first-order valence-electron chi connectivity index (χ1n) is 7.60. The second-order valence-corrected chi connectivity index (χ2v) is 5.52. The number of anilines is 1. The lowest BCUT2D eigenvalue weighted by molar-refractivity contribution is 0.101. The molecule has 0 unspecified atom stereocenters. The van der Waals surface area contributed by atoms with Gasteiger partial charge in [0.05, 0.1) is 6.20 Å². The molecule has 0 aliphatic carbocycles. The van der Waals surface area contributed by atoms with E-state index in [2.05, 4.69) is 15.6 Å². The van der Waals surface area contributed by atoms with Gasteiger partial charge in [0.15, 0.2) is 11.5 Å². The van der Waals surface area contributed by atoms with Crippen molar-refractivity contribution < 1.29 is 14.4 Å². The molecule has 0 aliphatic heterocycles. The van der Waals surface area contributed by atoms with Gasteiger partial charge in [0.1, 0.15) is 6.54 Å². The molecule has 0 saturated heterocycles. The van der Waals surface area contributed by atoms with Crippen molar-refractivity contribution in [2.24, 2.45) is 0 Å². The SMILES string of the molecule is Cc1cnn(Cc2cc(C(=O)Nc3ccc(CCO)cc3)no2)c1. The number of aromatic nitrogens is 3. The van der Waals surface area contributed by atoms with E-state index in [4.69, 9.17) is 9.63 Å². The molecule has 0 saturated carbocycles. The van der Waals surface area contributed by atoms with E-state index in [1.807, 2.05) is 25.3 Å². The lowest BCUT2D eigenvalue weighted by Crippen LogP contribution is -2.12. The van der Waals surface area contributed by atoms with Crippen LogP contribution in [0, 0.1) is 6.92 Å². The zero-order chi connectivity index (χ0) is 16.9. The van der Waals surface area contributed by atoms with E-state index in [1.54, 1.807) is 29.1 Å². The van der Waals surface area contributed by atoms with Crippen molar-refractivity contribution in [2.45, 2.75) is 19.9 Å². The Kier molecular flexibility index (Phi) is 4.72. The summed E-state index contributed by atoms with van der Waals surface area (Å²) in [4.78, 5) is 12.2. The van der Waals surface area contributed by atoms with E-state index < -0.39 is 0 Å². The maximum Gasteiger partial charge on any atom is 0.277 e. The van der Waals surface area contributed by atoms with Crippen LogP contribution in [0.4, 0.5) is 5.69 Å². The highest BCUT2D eigenvalue weighted by molar-refractivity contribution is 6.02. The highest BCUT2D eigenvalue weighted by atomic mass is 16.5. The molecule has 2 N–H and O–H groups in total. The van der Waals surface area contributed by atoms with Crippen molar-refractivity contribution in [2.75, 3.05) is 11.9 Å². The topological polar surface area (TPSA) is 93.2 Å². The third-order valence-electron chi connectivity index (χ3n) is 3.48. The summed E-state index contributed by atoms with van der Waals surface area (Å²) >= 11 is 0. The largest absolute Gasteiger partial charge is 0.396 e. The quantitative estimate of drug-likeness (QED) is 0.723. The lowest BCUT2D eigenvalue weighted by atomic mass is 10.1. The number of nitrogens with zero attached hydrogens (tertiary/aromatic N) is 3. The average Bonchev–Trinajstić information content (AvgIpc) is 3.19. The van der Waals surface area contributed by atoms with Crippen molar-refractivity contribution >= 4 is 11.6 Å². The second kappa shape index (κ2) is 7.10. The minimum Gasteiger partial charge on any atom is -0.396 e. The van der Waals surface area contributed by atoms with Crippen LogP contribution in [-0.4, -0.2) is 32.6 Å². The van der Waals surface area contributed by atoms with E-state index in [1.165, 1.54) is 0 Å². The summed E-state index contributed by atoms with van der Waals surface area (Å²) in [5.74, 6) is 0.220. The number of amides is 1. The van der Waals surface area contributed by atoms with Gasteiger partial charge in [-0.25, -0.2) is 0 Å². The number of rotatable bonds is 6. The molecule has 1 aromatic carbocycles. The van der Waals surface area contributed by atoms with Gasteiger partial charge in [0, 0.05) is 24.6 Å². The van der Waals surface area contributed by atoms with Gasteiger partial charge in [-0.2, -0.15) is 5.10 Å². The van der Waals surface area contributed by atoms with Gasteiger partial charge < -0.3 is 14.9 Å². The molecule has 3 aromatic rings. The van der Waals surface area contributed by atoms with Crippen molar-refractivity contribution in [3.63, 3.8) is 0 Å². The van der Waals surface area contributed by atoms with Gasteiger partial charge in [0.25, 0.3) is 5.91 Å². The number of carbonyl (C=O) groups excluding carboxylic acids is 1. The molecular formula is C17H18N4O3. The first kappa shape index (κ1) is 15.9. The number of benzene rings is 1. The third kappa shape index (κ3) is 3.88. The molecule has 7 heteroatoms. The first-order chi connectivity index (χ1) is 11.6. The number of aliphatic hydroxyl groups excluding tert-OH is 1. The third-order valence-corrected chi connectivity index (χ3v) is 3.48. The number of hydrogen-bond donors (Lipinski definition) is 2. The number of aliphatic hydroxyl groups is 1. The zero-order valence-electron chi connectivity index (χ0n) is 13.3. The van der Waals surface area contributed by atoms with Crippen LogP contribution in [-0.2, 0) is 13.0 Å². The summed E-state index contributed by atoms with van der Waals surface area (Å²) in [6, 6.07) is 8.90. The Bertz CT molecular complexity index is 820. The van der Waals surface area contributed by atoms with Crippen LogP contribution in [0.25, 0.3) is 0 Å². The van der Waals surface area contributed by atoms with Crippen LogP contribution in [0.1, 0.15) is 27.4 Å². The summed E-state index contributed by atoms with van der Waals surface area (Å²) in [6.07, 6.45) is 4.23. The van der Waals surface area contributed by atoms with Crippen LogP contribution in [0.5, 0.6) is 0 Å². The van der Waals surface area contributed by atoms with Crippen LogP contribution >= 0.6 is 0 Å². The molecule has 7 nitrogen and oxygen atoms in total. The molecule has 2 heterocycles. The molecule has 124 valence electrons. The zero-order valence-corrected chi connectivity index (χ0v) is 13.3. The van der Waals surface area contributed by atoms with Crippen LogP contribution < -0.4 is 5.32 Å². The highest BCUT2D eigenvalue weighted by Crippen LogP contribution is 2.13. The molecule has 0 bridgehead atoms.